The summed E-state index contributed by atoms with van der Waals surface area (Å²) < 4.78 is 39.5. The molecule has 1 aromatic rings. The molecule has 0 N–H and O–H groups in total. The third-order valence-corrected chi connectivity index (χ3v) is 2.43. The van der Waals surface area contributed by atoms with Crippen LogP contribution in [-0.4, -0.2) is 30.3 Å². The van der Waals surface area contributed by atoms with Gasteiger partial charge in [0, 0.05) is 18.7 Å². The Labute approximate surface area is 103 Å². The lowest BCUT2D eigenvalue weighted by Gasteiger charge is -2.21. The Morgan fingerprint density at radius 1 is 1.22 bits per heavy atom. The maximum atomic E-state index is 11.9. The fourth-order valence-electron chi connectivity index (χ4n) is 1.24. The van der Waals surface area contributed by atoms with Crippen molar-refractivity contribution in [3.8, 4) is 5.75 Å². The zero-order chi connectivity index (χ0) is 13.9. The first-order valence-electron chi connectivity index (χ1n) is 5.33. The zero-order valence-electron chi connectivity index (χ0n) is 10.3. The number of amides is 1. The van der Waals surface area contributed by atoms with Crippen LogP contribution in [0.5, 0.6) is 5.75 Å². The number of carbonyl (C=O) groups is 1. The maximum Gasteiger partial charge on any atom is 0.573 e. The lowest BCUT2D eigenvalue weighted by molar-refractivity contribution is -0.274. The number of hydrogen-bond acceptors (Lipinski definition) is 2. The van der Waals surface area contributed by atoms with Crippen molar-refractivity contribution < 1.29 is 22.7 Å². The molecule has 0 atom stereocenters. The minimum Gasteiger partial charge on any atom is -0.406 e. The van der Waals surface area contributed by atoms with Crippen molar-refractivity contribution in [2.24, 2.45) is 0 Å². The van der Waals surface area contributed by atoms with Crippen molar-refractivity contribution >= 4 is 5.91 Å². The van der Waals surface area contributed by atoms with Crippen LogP contribution in [0, 0.1) is 0 Å². The van der Waals surface area contributed by atoms with Gasteiger partial charge in [0.2, 0.25) is 0 Å². The predicted molar refractivity (Wildman–Crippen MR) is 60.4 cm³/mol. The molecule has 1 amide bonds. The number of halogens is 3. The second-order valence-electron chi connectivity index (χ2n) is 4.08. The first-order chi connectivity index (χ1) is 8.20. The van der Waals surface area contributed by atoms with Gasteiger partial charge < -0.3 is 9.64 Å². The standard InChI is InChI=1S/C12H14F3NO2/c1-8(2)16(3)11(17)9-4-6-10(7-5-9)18-12(13,14)15/h4-8H,1-3H3. The van der Waals surface area contributed by atoms with Gasteiger partial charge in [-0.15, -0.1) is 13.2 Å². The van der Waals surface area contributed by atoms with Crippen LogP contribution in [-0.2, 0) is 0 Å². The number of rotatable bonds is 3. The van der Waals surface area contributed by atoms with Crippen molar-refractivity contribution in [2.75, 3.05) is 7.05 Å². The fourth-order valence-corrected chi connectivity index (χ4v) is 1.24. The molecule has 0 unspecified atom stereocenters. The molecule has 0 heterocycles. The van der Waals surface area contributed by atoms with E-state index in [-0.39, 0.29) is 17.7 Å². The number of hydrogen-bond donors (Lipinski definition) is 0. The summed E-state index contributed by atoms with van der Waals surface area (Å²) in [6.45, 7) is 3.69. The monoisotopic (exact) mass is 261 g/mol. The average Bonchev–Trinajstić information content (AvgIpc) is 2.26. The molecule has 0 aliphatic carbocycles. The normalized spacial score (nSPS) is 11.5. The van der Waals surface area contributed by atoms with E-state index in [1.165, 1.54) is 17.0 Å². The van der Waals surface area contributed by atoms with Crippen molar-refractivity contribution in [1.82, 2.24) is 4.90 Å². The zero-order valence-corrected chi connectivity index (χ0v) is 10.3. The summed E-state index contributed by atoms with van der Waals surface area (Å²) in [6, 6.07) is 4.87. The number of carbonyl (C=O) groups excluding carboxylic acids is 1. The summed E-state index contributed by atoms with van der Waals surface area (Å²) in [6.07, 6.45) is -4.72. The molecule has 1 aromatic carbocycles. The number of nitrogens with zero attached hydrogens (tertiary/aromatic N) is 1. The van der Waals surface area contributed by atoms with Crippen molar-refractivity contribution in [3.05, 3.63) is 29.8 Å². The highest BCUT2D eigenvalue weighted by atomic mass is 19.4. The number of ether oxygens (including phenoxy) is 1. The van der Waals surface area contributed by atoms with E-state index in [0.717, 1.165) is 12.1 Å². The van der Waals surface area contributed by atoms with E-state index in [2.05, 4.69) is 4.74 Å². The summed E-state index contributed by atoms with van der Waals surface area (Å²) in [5.74, 6) is -0.588. The molecule has 0 spiro atoms. The van der Waals surface area contributed by atoms with Crippen molar-refractivity contribution in [3.63, 3.8) is 0 Å². The summed E-state index contributed by atoms with van der Waals surface area (Å²) in [5.41, 5.74) is 0.320. The Kier molecular flexibility index (Phi) is 4.21. The largest absolute Gasteiger partial charge is 0.573 e. The maximum absolute atomic E-state index is 11.9. The third kappa shape index (κ3) is 3.94. The van der Waals surface area contributed by atoms with Gasteiger partial charge in [0.15, 0.2) is 0 Å². The molecule has 0 saturated carbocycles. The van der Waals surface area contributed by atoms with E-state index in [9.17, 15) is 18.0 Å². The molecule has 0 radical (unpaired) electrons. The van der Waals surface area contributed by atoms with Crippen LogP contribution < -0.4 is 4.74 Å². The van der Waals surface area contributed by atoms with Crippen molar-refractivity contribution in [2.45, 2.75) is 26.3 Å². The van der Waals surface area contributed by atoms with Crippen LogP contribution in [0.3, 0.4) is 0 Å². The fraction of sp³-hybridized carbons (Fsp3) is 0.417. The molecule has 0 saturated heterocycles. The average molecular weight is 261 g/mol. The van der Waals surface area contributed by atoms with Gasteiger partial charge in [0.05, 0.1) is 0 Å². The van der Waals surface area contributed by atoms with Gasteiger partial charge in [-0.1, -0.05) is 0 Å². The van der Waals surface area contributed by atoms with Crippen LogP contribution in [0.2, 0.25) is 0 Å². The molecule has 0 aromatic heterocycles. The second kappa shape index (κ2) is 5.29. The number of alkyl halides is 3. The smallest absolute Gasteiger partial charge is 0.406 e. The highest BCUT2D eigenvalue weighted by molar-refractivity contribution is 5.94. The molecule has 0 aliphatic heterocycles. The van der Waals surface area contributed by atoms with Crippen LogP contribution in [0.15, 0.2) is 24.3 Å². The van der Waals surface area contributed by atoms with Crippen LogP contribution >= 0.6 is 0 Å². The highest BCUT2D eigenvalue weighted by Gasteiger charge is 2.31. The minimum absolute atomic E-state index is 0.0172. The van der Waals surface area contributed by atoms with Gasteiger partial charge in [-0.25, -0.2) is 0 Å². The summed E-state index contributed by atoms with van der Waals surface area (Å²) >= 11 is 0. The predicted octanol–water partition coefficient (Wildman–Crippen LogP) is 3.07. The van der Waals surface area contributed by atoms with Gasteiger partial charge in [-0.05, 0) is 38.1 Å². The Balaban J connectivity index is 2.80. The van der Waals surface area contributed by atoms with E-state index >= 15 is 0 Å². The van der Waals surface area contributed by atoms with E-state index in [4.69, 9.17) is 0 Å². The first kappa shape index (κ1) is 14.3. The van der Waals surface area contributed by atoms with Gasteiger partial charge in [-0.3, -0.25) is 4.79 Å². The second-order valence-corrected chi connectivity index (χ2v) is 4.08. The molecule has 6 heteroatoms. The SMILES string of the molecule is CC(C)N(C)C(=O)c1ccc(OC(F)(F)F)cc1. The Morgan fingerprint density at radius 3 is 2.11 bits per heavy atom. The van der Waals surface area contributed by atoms with E-state index < -0.39 is 6.36 Å². The number of benzene rings is 1. The summed E-state index contributed by atoms with van der Waals surface area (Å²) in [4.78, 5) is 13.3. The van der Waals surface area contributed by atoms with Crippen LogP contribution in [0.1, 0.15) is 24.2 Å². The summed E-state index contributed by atoms with van der Waals surface area (Å²) in [7, 11) is 1.63. The molecule has 100 valence electrons. The molecule has 0 aliphatic rings. The minimum atomic E-state index is -4.72. The Morgan fingerprint density at radius 2 is 1.72 bits per heavy atom. The topological polar surface area (TPSA) is 29.5 Å². The highest BCUT2D eigenvalue weighted by Crippen LogP contribution is 2.23. The summed E-state index contributed by atoms with van der Waals surface area (Å²) in [5, 5.41) is 0. The molecular weight excluding hydrogens is 247 g/mol. The van der Waals surface area contributed by atoms with E-state index in [1.54, 1.807) is 7.05 Å². The van der Waals surface area contributed by atoms with Crippen LogP contribution in [0.4, 0.5) is 13.2 Å². The van der Waals surface area contributed by atoms with Crippen LogP contribution in [0.25, 0.3) is 0 Å². The quantitative estimate of drug-likeness (QED) is 0.836. The van der Waals surface area contributed by atoms with E-state index in [0.29, 0.717) is 5.56 Å². The molecule has 3 nitrogen and oxygen atoms in total. The lowest BCUT2D eigenvalue weighted by atomic mass is 10.2. The van der Waals surface area contributed by atoms with Crippen molar-refractivity contribution in [1.29, 1.82) is 0 Å². The lowest BCUT2D eigenvalue weighted by Crippen LogP contribution is -2.32. The molecular formula is C12H14F3NO2. The van der Waals surface area contributed by atoms with Gasteiger partial charge in [0.1, 0.15) is 5.75 Å². The van der Waals surface area contributed by atoms with Gasteiger partial charge >= 0.3 is 6.36 Å². The molecule has 18 heavy (non-hydrogen) atoms. The van der Waals surface area contributed by atoms with Gasteiger partial charge in [0.25, 0.3) is 5.91 Å². The molecule has 0 bridgehead atoms. The Hall–Kier alpha value is -1.72. The third-order valence-electron chi connectivity index (χ3n) is 2.43. The first-order valence-corrected chi connectivity index (χ1v) is 5.33. The Bertz CT molecular complexity index is 412. The van der Waals surface area contributed by atoms with E-state index in [1.807, 2.05) is 13.8 Å². The van der Waals surface area contributed by atoms with Gasteiger partial charge in [-0.2, -0.15) is 0 Å². The molecule has 0 fully saturated rings. The molecule has 1 rings (SSSR count).